The molecule has 35 heteroatoms. The van der Waals surface area contributed by atoms with Crippen LogP contribution in [0.5, 0.6) is 0 Å². The number of para-hydroxylation sites is 1. The van der Waals surface area contributed by atoms with Gasteiger partial charge in [0, 0.05) is 148 Å². The van der Waals surface area contributed by atoms with Gasteiger partial charge in [-0.25, -0.2) is 17.6 Å². The zero-order valence-corrected chi connectivity index (χ0v) is 80.5. The van der Waals surface area contributed by atoms with Crippen molar-refractivity contribution in [2.45, 2.75) is 188 Å². The number of hydrogen-bond acceptors (Lipinski definition) is 10. The molecule has 0 atom stereocenters. The van der Waals surface area contributed by atoms with E-state index in [0.29, 0.717) is 61.3 Å². The number of aryl methyl sites for hydroxylation is 4. The maximum atomic E-state index is 14.0. The van der Waals surface area contributed by atoms with E-state index in [2.05, 4.69) is 93.7 Å². The zero-order valence-electron chi connectivity index (χ0n) is 80.5. The van der Waals surface area contributed by atoms with E-state index in [1.165, 1.54) is 42.1 Å². The molecule has 0 radical (unpaired) electrons. The molecular weight excluding hydrogens is 1880 g/mol. The van der Waals surface area contributed by atoms with Crippen molar-refractivity contribution in [3.8, 4) is 28.4 Å². The molecular formula is C110H103F10N15O10. The molecule has 10 N–H and O–H groups in total. The number of H-pyrrole nitrogens is 5. The molecule has 20 aromatic rings. The summed E-state index contributed by atoms with van der Waals surface area (Å²) in [6.45, 7) is 20.2. The predicted molar refractivity (Wildman–Crippen MR) is 537 cm³/mol. The van der Waals surface area contributed by atoms with Gasteiger partial charge in [0.1, 0.15) is 0 Å². The number of aliphatic carboxylic acids is 5. The van der Waals surface area contributed by atoms with Crippen molar-refractivity contribution in [3.05, 3.63) is 298 Å². The number of rotatable bonds is 26. The second-order valence-corrected chi connectivity index (χ2v) is 38.2. The Kier molecular flexibility index (Phi) is 28.0. The van der Waals surface area contributed by atoms with Crippen LogP contribution in [0.15, 0.2) is 213 Å². The number of nitrogens with zero attached hydrogens (tertiary/aromatic N) is 10. The van der Waals surface area contributed by atoms with Gasteiger partial charge >= 0.3 is 42.2 Å². The second kappa shape index (κ2) is 40.4. The van der Waals surface area contributed by atoms with Crippen molar-refractivity contribution in [2.24, 2.45) is 5.41 Å². The van der Waals surface area contributed by atoms with Gasteiger partial charge in [0.2, 0.25) is 0 Å². The Morgan fingerprint density at radius 2 is 0.607 bits per heavy atom. The topological polar surface area (TPSA) is 355 Å². The summed E-state index contributed by atoms with van der Waals surface area (Å²) in [6.07, 6.45) is 0.164. The van der Waals surface area contributed by atoms with E-state index in [1.807, 2.05) is 147 Å². The van der Waals surface area contributed by atoms with Crippen LogP contribution >= 0.6 is 0 Å². The first-order valence-corrected chi connectivity index (χ1v) is 47.4. The maximum absolute atomic E-state index is 14.0. The summed E-state index contributed by atoms with van der Waals surface area (Å²) in [6, 6.07) is 50.5. The van der Waals surface area contributed by atoms with Gasteiger partial charge in [-0.3, -0.25) is 49.5 Å². The number of aromatic nitrogens is 15. The van der Waals surface area contributed by atoms with Crippen molar-refractivity contribution in [2.75, 3.05) is 0 Å². The summed E-state index contributed by atoms with van der Waals surface area (Å²) >= 11 is 0. The van der Waals surface area contributed by atoms with Crippen LogP contribution in [0.3, 0.4) is 0 Å². The van der Waals surface area contributed by atoms with Crippen LogP contribution in [-0.2, 0) is 68.4 Å². The fourth-order valence-electron chi connectivity index (χ4n) is 20.2. The van der Waals surface area contributed by atoms with Crippen molar-refractivity contribution >= 4 is 139 Å². The molecule has 145 heavy (non-hydrogen) atoms. The van der Waals surface area contributed by atoms with Crippen LogP contribution < -0.4 is 0 Å². The molecule has 0 amide bonds. The third-order valence-electron chi connectivity index (χ3n) is 26.7. The molecule has 0 bridgehead atoms. The van der Waals surface area contributed by atoms with E-state index in [-0.39, 0.29) is 67.3 Å². The summed E-state index contributed by atoms with van der Waals surface area (Å²) in [5.74, 6) is -5.80. The third-order valence-corrected chi connectivity index (χ3v) is 26.7. The molecule has 748 valence electrons. The molecule has 10 heterocycles. The average molecular weight is 1990 g/mol. The van der Waals surface area contributed by atoms with Gasteiger partial charge in [-0.15, -0.1) is 0 Å². The number of halogens is 10. The summed E-state index contributed by atoms with van der Waals surface area (Å²) in [7, 11) is 0. The smallest absolute Gasteiger partial charge is 0.416 e. The SMILES string of the molecule is CC(C)c1c(CC2(C(=O)O)CC2)c2cc3[nH]ncc3cc2n1-c1cccc(C(F)(F)F)c1.CC(C)c1c(CCC(=O)O)c2cc3[nH]ncc3cc2n1-c1ccc(F)c(F)c1.CC(C)c1c(CCC(=O)O)c2cc3[nH]ncc3cc2n1-c1cccc(C(F)(F)F)c1.CC(C)c1c(CCC(=O)O)c2cc3[nH]ncc3cc2n1-c1cccc(C(F)F)c1.CC(C)c1c(CCC(=O)O)c2cc3[nH]ncc3cc2n1-c1ccccc1. The van der Waals surface area contributed by atoms with Gasteiger partial charge < -0.3 is 48.4 Å². The van der Waals surface area contributed by atoms with E-state index < -0.39 is 76.8 Å². The molecule has 10 aromatic heterocycles. The number of aromatic amines is 5. The monoisotopic (exact) mass is 1980 g/mol. The predicted octanol–water partition coefficient (Wildman–Crippen LogP) is 26.9. The van der Waals surface area contributed by atoms with Crippen LogP contribution in [0.25, 0.3) is 137 Å². The maximum Gasteiger partial charge on any atom is 0.416 e. The number of carboxylic acid groups (broad SMARTS) is 5. The molecule has 0 aliphatic heterocycles. The Morgan fingerprint density at radius 1 is 0.331 bits per heavy atom. The molecule has 21 rings (SSSR count). The molecule has 0 unspecified atom stereocenters. The van der Waals surface area contributed by atoms with Crippen LogP contribution in [0, 0.1) is 17.0 Å². The Hall–Kier alpha value is -16.1. The van der Waals surface area contributed by atoms with E-state index in [1.54, 1.807) is 49.1 Å². The van der Waals surface area contributed by atoms with E-state index in [0.717, 1.165) is 196 Å². The number of fused-ring (bicyclic) bond motifs is 10. The number of benzene rings is 10. The van der Waals surface area contributed by atoms with Crippen molar-refractivity contribution in [1.82, 2.24) is 73.8 Å². The van der Waals surface area contributed by atoms with Crippen LogP contribution in [0.1, 0.15) is 217 Å². The highest BCUT2D eigenvalue weighted by Crippen LogP contribution is 2.53. The van der Waals surface area contributed by atoms with Crippen molar-refractivity contribution in [1.29, 1.82) is 0 Å². The number of hydrogen-bond donors (Lipinski definition) is 10. The lowest BCUT2D eigenvalue weighted by Crippen LogP contribution is -2.18. The Bertz CT molecular complexity index is 8360. The zero-order chi connectivity index (χ0) is 103. The van der Waals surface area contributed by atoms with Gasteiger partial charge in [-0.2, -0.15) is 51.8 Å². The first-order valence-electron chi connectivity index (χ1n) is 47.4. The first-order chi connectivity index (χ1) is 69.1. The molecule has 0 saturated heterocycles. The van der Waals surface area contributed by atoms with Gasteiger partial charge in [0.05, 0.1) is 103 Å². The van der Waals surface area contributed by atoms with E-state index in [4.69, 9.17) is 0 Å². The first kappa shape index (κ1) is 100. The molecule has 1 aliphatic rings. The van der Waals surface area contributed by atoms with E-state index in [9.17, 15) is 93.4 Å². The summed E-state index contributed by atoms with van der Waals surface area (Å²) in [4.78, 5) is 56.9. The third kappa shape index (κ3) is 20.2. The highest BCUT2D eigenvalue weighted by atomic mass is 19.4. The fraction of sp³-hybridized carbons (Fsp3) is 0.273. The van der Waals surface area contributed by atoms with Gasteiger partial charge in [0.15, 0.2) is 11.6 Å². The van der Waals surface area contributed by atoms with E-state index >= 15 is 0 Å². The molecule has 10 aromatic carbocycles. The molecule has 1 saturated carbocycles. The Morgan fingerprint density at radius 3 is 0.883 bits per heavy atom. The second-order valence-electron chi connectivity index (χ2n) is 38.2. The summed E-state index contributed by atoms with van der Waals surface area (Å²) < 4.78 is 144. The van der Waals surface area contributed by atoms with Crippen LogP contribution in [-0.4, -0.2) is 129 Å². The Balaban J connectivity index is 0.000000124. The number of carbonyl (C=O) groups is 5. The largest absolute Gasteiger partial charge is 0.481 e. The molecule has 25 nitrogen and oxygen atoms in total. The lowest BCUT2D eigenvalue weighted by atomic mass is 9.91. The van der Waals surface area contributed by atoms with Gasteiger partial charge in [0.25, 0.3) is 6.43 Å². The fourth-order valence-corrected chi connectivity index (χ4v) is 20.2. The standard InChI is InChI=1S/C24H22F3N3O2.C22H20F3N3O2.C22H21F2N3O2.C21H19F2N3O2.C21H21N3O2/c1-13(2)21-18(11-23(6-7-23)22(31)32)17-10-19-14(12-28-29-19)8-20(17)30(21)16-5-3-4-15(9-16)24(25,26)27;1-12(2)21-16(6-7-20(29)30)17-10-18-13(11-26-27-18)8-19(17)28(21)15-5-3-4-14(9-15)22(23,24)25;1-12(2)21-16(6-7-20(28)29)17-10-18-14(11-25-26-18)9-19(17)27(21)15-5-3-4-13(8-15)22(23)24;1-11(2)21-14(4-6-20(27)28)15-9-18-12(10-24-25-18)7-19(15)26(21)13-3-5-16(22)17(23)8-13;1-13(2)21-16(8-9-20(25)26)17-11-18-14(12-22-23-18)10-19(17)24(21)15-6-4-3-5-7-15/h3-5,8-10,12-13H,6-7,11H2,1-2H3,(H,28,29)(H,31,32);3-5,8-12H,6-7H2,1-2H3,(H,26,27)(H,29,30);3-5,8-12,22H,6-7H2,1-2H3,(H,25,26)(H,28,29);3,5,7-11H,4,6H2,1-2H3,(H,24,25)(H,27,28);3-7,10-13H,8-9H2,1-2H3,(H,22,23)(H,25,26). The van der Waals surface area contributed by atoms with Gasteiger partial charge in [-0.1, -0.05) is 112 Å². The minimum absolute atomic E-state index is 0.00306. The van der Waals surface area contributed by atoms with Crippen molar-refractivity contribution < 1.29 is 93.4 Å². The number of alkyl halides is 8. The highest BCUT2D eigenvalue weighted by molar-refractivity contribution is 6.04. The Labute approximate surface area is 821 Å². The minimum Gasteiger partial charge on any atom is -0.481 e. The lowest BCUT2D eigenvalue weighted by molar-refractivity contribution is -0.143. The minimum atomic E-state index is -4.46. The quantitative estimate of drug-likeness (QED) is 0.0225. The van der Waals surface area contributed by atoms with Crippen LogP contribution in [0.2, 0.25) is 0 Å². The highest BCUT2D eigenvalue weighted by Gasteiger charge is 2.51. The summed E-state index contributed by atoms with van der Waals surface area (Å²) in [5.41, 5.74) is 18.5. The number of carboxylic acids is 5. The lowest BCUT2D eigenvalue weighted by Gasteiger charge is -2.18. The molecule has 1 fully saturated rings. The molecule has 1 aliphatic carbocycles. The molecule has 0 spiro atoms. The van der Waals surface area contributed by atoms with Gasteiger partial charge in [-0.05, 0) is 236 Å². The average Bonchev–Trinajstić information content (AvgIpc) is 1.55. The summed E-state index contributed by atoms with van der Waals surface area (Å²) in [5, 5.41) is 90.8. The normalized spacial score (nSPS) is 12.8. The van der Waals surface area contributed by atoms with Crippen molar-refractivity contribution in [3.63, 3.8) is 0 Å². The van der Waals surface area contributed by atoms with Crippen LogP contribution in [0.4, 0.5) is 43.9 Å². The number of nitrogens with one attached hydrogen (secondary N) is 5.